The number of halogens is 1. The van der Waals surface area contributed by atoms with E-state index in [2.05, 4.69) is 5.43 Å². The molecule has 0 atom stereocenters. The predicted molar refractivity (Wildman–Crippen MR) is 122 cm³/mol. The van der Waals surface area contributed by atoms with Gasteiger partial charge in [0.1, 0.15) is 11.5 Å². The number of hydrazine groups is 1. The highest BCUT2D eigenvalue weighted by Gasteiger charge is 2.34. The maximum Gasteiger partial charge on any atom is 0.285 e. The zero-order valence-electron chi connectivity index (χ0n) is 16.0. The van der Waals surface area contributed by atoms with E-state index in [9.17, 15) is 19.5 Å². The molecule has 0 radical (unpaired) electrons. The Morgan fingerprint density at radius 2 is 1.84 bits per heavy atom. The third kappa shape index (κ3) is 4.45. The third-order valence-electron chi connectivity index (χ3n) is 4.41. The maximum absolute atomic E-state index is 12.7. The molecule has 7 nitrogen and oxygen atoms in total. The van der Waals surface area contributed by atoms with E-state index in [1.807, 2.05) is 0 Å². The van der Waals surface area contributed by atoms with E-state index in [1.54, 1.807) is 42.5 Å². The fourth-order valence-corrected chi connectivity index (χ4v) is 4.24. The van der Waals surface area contributed by atoms with Crippen LogP contribution in [0.1, 0.15) is 26.5 Å². The van der Waals surface area contributed by atoms with Gasteiger partial charge in [-0.2, -0.15) is 5.01 Å². The van der Waals surface area contributed by atoms with Gasteiger partial charge in [-0.3, -0.25) is 15.0 Å². The number of rotatable bonds is 5. The molecule has 0 bridgehead atoms. The first-order chi connectivity index (χ1) is 15.3. The van der Waals surface area contributed by atoms with Crippen molar-refractivity contribution in [2.45, 2.75) is 0 Å². The highest BCUT2D eigenvalue weighted by molar-refractivity contribution is 8.26. The molecule has 1 saturated heterocycles. The lowest BCUT2D eigenvalue weighted by Gasteiger charge is -2.15. The van der Waals surface area contributed by atoms with Gasteiger partial charge in [-0.15, -0.1) is 0 Å². The number of carboxylic acids is 1. The molecular formula is C22H12ClN2O5S2-. The van der Waals surface area contributed by atoms with Gasteiger partial charge in [0.2, 0.25) is 0 Å². The monoisotopic (exact) mass is 483 g/mol. The number of carbonyl (C=O) groups excluding carboxylic acids is 3. The Balaban J connectivity index is 1.54. The molecule has 0 aliphatic carbocycles. The first kappa shape index (κ1) is 21.8. The van der Waals surface area contributed by atoms with E-state index in [1.165, 1.54) is 24.3 Å². The summed E-state index contributed by atoms with van der Waals surface area (Å²) in [5.41, 5.74) is 3.21. The first-order valence-electron chi connectivity index (χ1n) is 9.08. The normalized spacial score (nSPS) is 14.8. The van der Waals surface area contributed by atoms with Crippen LogP contribution in [0.3, 0.4) is 0 Å². The van der Waals surface area contributed by atoms with Gasteiger partial charge >= 0.3 is 0 Å². The lowest BCUT2D eigenvalue weighted by molar-refractivity contribution is -0.255. The number of hydrogen-bond acceptors (Lipinski definition) is 7. The summed E-state index contributed by atoms with van der Waals surface area (Å²) in [4.78, 5) is 36.5. The fraction of sp³-hybridized carbons (Fsp3) is 0. The van der Waals surface area contributed by atoms with Gasteiger partial charge in [0.05, 0.1) is 15.9 Å². The number of carbonyl (C=O) groups is 3. The van der Waals surface area contributed by atoms with Gasteiger partial charge in [-0.05, 0) is 54.2 Å². The van der Waals surface area contributed by atoms with Crippen molar-refractivity contribution >= 4 is 63.8 Å². The molecule has 0 spiro atoms. The molecule has 1 aromatic heterocycles. The minimum Gasteiger partial charge on any atom is -0.545 e. The molecule has 160 valence electrons. The lowest BCUT2D eigenvalue weighted by atomic mass is 10.1. The largest absolute Gasteiger partial charge is 0.545 e. The average Bonchev–Trinajstić information content (AvgIpc) is 3.34. The third-order valence-corrected chi connectivity index (χ3v) is 6.04. The number of aromatic carboxylic acids is 1. The van der Waals surface area contributed by atoms with Crippen LogP contribution in [0.5, 0.6) is 0 Å². The van der Waals surface area contributed by atoms with E-state index in [-0.39, 0.29) is 14.8 Å². The molecule has 0 saturated carbocycles. The maximum atomic E-state index is 12.7. The summed E-state index contributed by atoms with van der Waals surface area (Å²) >= 11 is 12.4. The van der Waals surface area contributed by atoms with Gasteiger partial charge in [0.15, 0.2) is 4.32 Å². The fourth-order valence-electron chi connectivity index (χ4n) is 2.87. The molecule has 32 heavy (non-hydrogen) atoms. The summed E-state index contributed by atoms with van der Waals surface area (Å²) in [6.45, 7) is 0. The summed E-state index contributed by atoms with van der Waals surface area (Å²) in [6, 6.07) is 15.8. The number of thiocarbonyl (C=S) groups is 1. The van der Waals surface area contributed by atoms with Crippen LogP contribution in [-0.4, -0.2) is 27.1 Å². The number of carboxylic acid groups (broad SMARTS) is 1. The van der Waals surface area contributed by atoms with Gasteiger partial charge in [-0.1, -0.05) is 47.6 Å². The molecule has 4 rings (SSSR count). The molecule has 2 amide bonds. The summed E-state index contributed by atoms with van der Waals surface area (Å²) < 4.78 is 5.90. The molecule has 0 unspecified atom stereocenters. The van der Waals surface area contributed by atoms with Gasteiger partial charge < -0.3 is 14.3 Å². The van der Waals surface area contributed by atoms with Crippen molar-refractivity contribution in [1.82, 2.24) is 10.4 Å². The van der Waals surface area contributed by atoms with Crippen LogP contribution in [-0.2, 0) is 4.79 Å². The molecule has 1 aliphatic rings. The van der Waals surface area contributed by atoms with Crippen LogP contribution in [0, 0.1) is 0 Å². The standard InChI is InChI=1S/C22H13ClN2O5S2/c23-16-8-6-13(21(28)29)10-15(16)17-9-7-14(30-17)11-18-20(27)25(22(31)32-18)24-19(26)12-4-2-1-3-5-12/h1-11H,(H,24,26)(H,28,29)/p-1/b18-11-. The minimum atomic E-state index is -1.34. The number of hydrogen-bond donors (Lipinski definition) is 1. The van der Waals surface area contributed by atoms with Crippen molar-refractivity contribution in [3.8, 4) is 11.3 Å². The van der Waals surface area contributed by atoms with Crippen LogP contribution >= 0.6 is 35.6 Å². The number of benzene rings is 2. The van der Waals surface area contributed by atoms with Crippen LogP contribution in [0.25, 0.3) is 17.4 Å². The SMILES string of the molecule is O=C([O-])c1ccc(Cl)c(-c2ccc(/C=C3\SC(=S)N(NC(=O)c4ccccc4)C3=O)o2)c1. The van der Waals surface area contributed by atoms with Crippen LogP contribution in [0.2, 0.25) is 5.02 Å². The Morgan fingerprint density at radius 1 is 1.09 bits per heavy atom. The second kappa shape index (κ2) is 8.99. The number of thioether (sulfide) groups is 1. The van der Waals surface area contributed by atoms with Crippen molar-refractivity contribution in [3.63, 3.8) is 0 Å². The molecule has 3 aromatic rings. The van der Waals surface area contributed by atoms with Gasteiger partial charge in [0.25, 0.3) is 11.8 Å². The van der Waals surface area contributed by atoms with Crippen LogP contribution in [0.4, 0.5) is 0 Å². The quantitative estimate of drug-likeness (QED) is 0.437. The zero-order chi connectivity index (χ0) is 22.8. The van der Waals surface area contributed by atoms with E-state index < -0.39 is 17.8 Å². The number of amides is 2. The second-order valence-corrected chi connectivity index (χ2v) is 8.59. The van der Waals surface area contributed by atoms with E-state index in [4.69, 9.17) is 28.2 Å². The lowest BCUT2D eigenvalue weighted by Crippen LogP contribution is -2.44. The minimum absolute atomic E-state index is 0.0441. The van der Waals surface area contributed by atoms with E-state index >= 15 is 0 Å². The highest BCUT2D eigenvalue weighted by atomic mass is 35.5. The Kier molecular flexibility index (Phi) is 6.13. The molecule has 1 fully saturated rings. The summed E-state index contributed by atoms with van der Waals surface area (Å²) in [7, 11) is 0. The van der Waals surface area contributed by atoms with Gasteiger partial charge in [0, 0.05) is 17.2 Å². The van der Waals surface area contributed by atoms with Gasteiger partial charge in [-0.25, -0.2) is 0 Å². The molecule has 1 aliphatic heterocycles. The smallest absolute Gasteiger partial charge is 0.285 e. The van der Waals surface area contributed by atoms with Crippen molar-refractivity contribution in [3.05, 3.63) is 87.5 Å². The average molecular weight is 484 g/mol. The molecule has 2 aromatic carbocycles. The summed E-state index contributed by atoms with van der Waals surface area (Å²) in [5, 5.41) is 12.4. The summed E-state index contributed by atoms with van der Waals surface area (Å²) in [5.74, 6) is -1.66. The summed E-state index contributed by atoms with van der Waals surface area (Å²) in [6.07, 6.45) is 1.48. The number of nitrogens with zero attached hydrogens (tertiary/aromatic N) is 1. The molecule has 2 heterocycles. The predicted octanol–water partition coefficient (Wildman–Crippen LogP) is 3.51. The highest BCUT2D eigenvalue weighted by Crippen LogP contribution is 2.34. The van der Waals surface area contributed by atoms with E-state index in [0.717, 1.165) is 16.8 Å². The van der Waals surface area contributed by atoms with Crippen molar-refractivity contribution in [2.75, 3.05) is 0 Å². The molecular weight excluding hydrogens is 472 g/mol. The zero-order valence-corrected chi connectivity index (χ0v) is 18.4. The number of furan rings is 1. The first-order valence-corrected chi connectivity index (χ1v) is 10.7. The number of nitrogens with one attached hydrogen (secondary N) is 1. The second-order valence-electron chi connectivity index (χ2n) is 6.51. The Hall–Kier alpha value is -3.40. The van der Waals surface area contributed by atoms with Crippen molar-refractivity contribution < 1.29 is 23.9 Å². The molecule has 10 heteroatoms. The van der Waals surface area contributed by atoms with Crippen LogP contribution < -0.4 is 10.5 Å². The van der Waals surface area contributed by atoms with Crippen LogP contribution in [0.15, 0.2) is 70.0 Å². The Morgan fingerprint density at radius 3 is 2.56 bits per heavy atom. The Labute approximate surface area is 196 Å². The Bertz CT molecular complexity index is 1290. The molecule has 1 N–H and O–H groups in total. The van der Waals surface area contributed by atoms with Crippen molar-refractivity contribution in [1.29, 1.82) is 0 Å². The topological polar surface area (TPSA) is 103 Å². The van der Waals surface area contributed by atoms with E-state index in [0.29, 0.717) is 27.7 Å². The van der Waals surface area contributed by atoms with Crippen molar-refractivity contribution in [2.24, 2.45) is 0 Å².